The predicted octanol–water partition coefficient (Wildman–Crippen LogP) is 5.32. The number of nitrogens with zero attached hydrogens (tertiary/aromatic N) is 2. The van der Waals surface area contributed by atoms with Crippen molar-refractivity contribution in [2.75, 3.05) is 11.9 Å². The van der Waals surface area contributed by atoms with E-state index in [1.165, 1.54) is 0 Å². The maximum atomic E-state index is 9.00. The Kier molecular flexibility index (Phi) is 9.53. The minimum Gasteiger partial charge on any atom is -0.481 e. The van der Waals surface area contributed by atoms with Gasteiger partial charge in [0.2, 0.25) is 5.90 Å². The second-order valence-electron chi connectivity index (χ2n) is 7.78. The number of nitrogens with one attached hydrogen (secondary N) is 1. The van der Waals surface area contributed by atoms with Crippen LogP contribution in [0.1, 0.15) is 31.9 Å². The van der Waals surface area contributed by atoms with Crippen molar-refractivity contribution in [3.05, 3.63) is 96.1 Å². The quantitative estimate of drug-likeness (QED) is 0.205. The molecule has 7 heteroatoms. The van der Waals surface area contributed by atoms with Gasteiger partial charge in [-0.25, -0.2) is 9.98 Å². The number of carboxylic acids is 1. The standard InChI is InChI=1S/C24H22N3O.C2H4O2.Pd/c1-24(2)17-28-23(27-24)20-15-9-10-16-21(20)26-22(18-11-5-3-6-12-18)25-19-13-7-4-8-14-19;1-2(3)4;/h3-13,15-16H,17H2,1-2H3,(H,25,26);1H3,(H,3,4);/q-1;;. The molecule has 0 amide bonds. The molecular formula is C26H26N3O3Pd-. The van der Waals surface area contributed by atoms with E-state index in [1.54, 1.807) is 0 Å². The molecule has 0 spiro atoms. The van der Waals surface area contributed by atoms with E-state index in [-0.39, 0.29) is 26.0 Å². The zero-order valence-corrected chi connectivity index (χ0v) is 20.2. The Morgan fingerprint density at radius 2 is 1.70 bits per heavy atom. The number of aliphatic imine (C=N–C) groups is 2. The van der Waals surface area contributed by atoms with Crippen LogP contribution in [0.15, 0.2) is 88.8 Å². The zero-order valence-electron chi connectivity index (χ0n) is 18.7. The molecule has 174 valence electrons. The van der Waals surface area contributed by atoms with Crippen LogP contribution in [0.3, 0.4) is 0 Å². The summed E-state index contributed by atoms with van der Waals surface area (Å²) in [4.78, 5) is 18.7. The molecule has 0 bridgehead atoms. The van der Waals surface area contributed by atoms with Crippen LogP contribution in [0.5, 0.6) is 0 Å². The maximum absolute atomic E-state index is 9.00. The minimum atomic E-state index is -0.833. The Labute approximate surface area is 208 Å². The predicted molar refractivity (Wildman–Crippen MR) is 128 cm³/mol. The van der Waals surface area contributed by atoms with Crippen LogP contribution in [0.4, 0.5) is 11.4 Å². The third-order valence-corrected chi connectivity index (χ3v) is 4.34. The van der Waals surface area contributed by atoms with E-state index in [0.29, 0.717) is 12.5 Å². The summed E-state index contributed by atoms with van der Waals surface area (Å²) >= 11 is 0. The Bertz CT molecular complexity index is 1110. The van der Waals surface area contributed by atoms with E-state index >= 15 is 0 Å². The zero-order chi connectivity index (χ0) is 23.0. The van der Waals surface area contributed by atoms with Gasteiger partial charge in [-0.05, 0) is 26.0 Å². The van der Waals surface area contributed by atoms with Crippen molar-refractivity contribution >= 4 is 29.1 Å². The molecule has 0 unspecified atom stereocenters. The first-order valence-corrected chi connectivity index (χ1v) is 10.2. The van der Waals surface area contributed by atoms with Gasteiger partial charge in [0, 0.05) is 32.9 Å². The van der Waals surface area contributed by atoms with E-state index < -0.39 is 5.97 Å². The summed E-state index contributed by atoms with van der Waals surface area (Å²) in [5, 5.41) is 10.8. The van der Waals surface area contributed by atoms with Gasteiger partial charge in [-0.1, -0.05) is 48.2 Å². The molecule has 3 aromatic rings. The molecule has 1 aliphatic heterocycles. The van der Waals surface area contributed by atoms with Crippen LogP contribution in [-0.2, 0) is 30.0 Å². The van der Waals surface area contributed by atoms with Crippen LogP contribution in [0, 0.1) is 6.07 Å². The van der Waals surface area contributed by atoms with Crippen molar-refractivity contribution < 1.29 is 35.1 Å². The number of benzene rings is 3. The third-order valence-electron chi connectivity index (χ3n) is 4.34. The minimum absolute atomic E-state index is 0. The fourth-order valence-electron chi connectivity index (χ4n) is 2.95. The van der Waals surface area contributed by atoms with Crippen molar-refractivity contribution in [3.8, 4) is 0 Å². The fraction of sp³-hybridized carbons (Fsp3) is 0.192. The molecule has 4 rings (SSSR count). The Hall–Kier alpha value is -3.27. The monoisotopic (exact) mass is 534 g/mol. The molecular weight excluding hydrogens is 509 g/mol. The van der Waals surface area contributed by atoms with E-state index in [9.17, 15) is 0 Å². The summed E-state index contributed by atoms with van der Waals surface area (Å²) < 4.78 is 5.85. The van der Waals surface area contributed by atoms with Crippen molar-refractivity contribution in [1.82, 2.24) is 0 Å². The molecule has 0 fully saturated rings. The van der Waals surface area contributed by atoms with Crippen LogP contribution >= 0.6 is 0 Å². The topological polar surface area (TPSA) is 83.3 Å². The first-order chi connectivity index (χ1) is 15.3. The Balaban J connectivity index is 0.000000714. The first kappa shape index (κ1) is 26.0. The smallest absolute Gasteiger partial charge is 0.300 e. The van der Waals surface area contributed by atoms with Gasteiger partial charge in [0.1, 0.15) is 12.4 Å². The molecule has 1 aliphatic rings. The molecule has 33 heavy (non-hydrogen) atoms. The molecule has 3 aromatic carbocycles. The van der Waals surface area contributed by atoms with Crippen LogP contribution < -0.4 is 5.32 Å². The number of para-hydroxylation sites is 2. The van der Waals surface area contributed by atoms with Gasteiger partial charge in [-0.15, -0.1) is 6.07 Å². The van der Waals surface area contributed by atoms with Crippen LogP contribution in [0.25, 0.3) is 0 Å². The number of amidine groups is 1. The molecule has 0 saturated heterocycles. The van der Waals surface area contributed by atoms with Crippen molar-refractivity contribution in [2.24, 2.45) is 9.98 Å². The molecule has 0 saturated carbocycles. The summed E-state index contributed by atoms with van der Waals surface area (Å²) in [7, 11) is 0. The summed E-state index contributed by atoms with van der Waals surface area (Å²) in [6, 6.07) is 28.9. The molecule has 0 aromatic heterocycles. The van der Waals surface area contributed by atoms with E-state index in [1.807, 2.05) is 78.9 Å². The third kappa shape index (κ3) is 7.98. The largest absolute Gasteiger partial charge is 0.481 e. The fourth-order valence-corrected chi connectivity index (χ4v) is 2.95. The second-order valence-corrected chi connectivity index (χ2v) is 7.78. The molecule has 0 aliphatic carbocycles. The van der Waals surface area contributed by atoms with Crippen molar-refractivity contribution in [3.63, 3.8) is 0 Å². The molecule has 2 N–H and O–H groups in total. The molecule has 0 radical (unpaired) electrons. The van der Waals surface area contributed by atoms with E-state index in [2.05, 4.69) is 25.2 Å². The SMILES string of the molecule is CC(=O)O.CC1(C)COC(c2ccccc2N=C(Nc2[c-]cccc2)c2ccccc2)=N1.[Pd]. The normalized spacial score (nSPS) is 14.0. The van der Waals surface area contributed by atoms with Gasteiger partial charge in [0.15, 0.2) is 0 Å². The number of rotatable bonds is 4. The number of aliphatic carboxylic acids is 1. The van der Waals surface area contributed by atoms with Crippen LogP contribution in [0.2, 0.25) is 0 Å². The number of hydrogen-bond acceptors (Lipinski definition) is 4. The number of ether oxygens (including phenoxy) is 1. The van der Waals surface area contributed by atoms with Gasteiger partial charge in [-0.3, -0.25) is 4.79 Å². The summed E-state index contributed by atoms with van der Waals surface area (Å²) in [5.41, 5.74) is 3.33. The number of carboxylic acid groups (broad SMARTS) is 1. The van der Waals surface area contributed by atoms with Crippen molar-refractivity contribution in [1.29, 1.82) is 0 Å². The number of anilines is 1. The van der Waals surface area contributed by atoms with Crippen molar-refractivity contribution in [2.45, 2.75) is 26.3 Å². The van der Waals surface area contributed by atoms with Gasteiger partial charge in [0.25, 0.3) is 5.97 Å². The Morgan fingerprint density at radius 3 is 2.30 bits per heavy atom. The van der Waals surface area contributed by atoms with Gasteiger partial charge in [0.05, 0.1) is 16.8 Å². The maximum Gasteiger partial charge on any atom is 0.300 e. The van der Waals surface area contributed by atoms with Gasteiger partial charge >= 0.3 is 0 Å². The van der Waals surface area contributed by atoms with E-state index in [0.717, 1.165) is 35.3 Å². The number of carbonyl (C=O) groups is 1. The van der Waals surface area contributed by atoms with Gasteiger partial charge in [-0.2, -0.15) is 24.3 Å². The average Bonchev–Trinajstić information content (AvgIpc) is 3.14. The number of hydrogen-bond donors (Lipinski definition) is 2. The molecule has 6 nitrogen and oxygen atoms in total. The Morgan fingerprint density at radius 1 is 1.06 bits per heavy atom. The van der Waals surface area contributed by atoms with Gasteiger partial charge < -0.3 is 15.2 Å². The second kappa shape index (κ2) is 12.1. The first-order valence-electron chi connectivity index (χ1n) is 10.2. The van der Waals surface area contributed by atoms with E-state index in [4.69, 9.17) is 24.6 Å². The average molecular weight is 535 g/mol. The molecule has 0 atom stereocenters. The molecule has 1 heterocycles. The summed E-state index contributed by atoms with van der Waals surface area (Å²) in [6.45, 7) is 5.78. The summed E-state index contributed by atoms with van der Waals surface area (Å²) in [6.07, 6.45) is 0. The van der Waals surface area contributed by atoms with Crippen LogP contribution in [-0.4, -0.2) is 35.0 Å². The summed E-state index contributed by atoms with van der Waals surface area (Å²) in [5.74, 6) is 0.552.